The van der Waals surface area contributed by atoms with Gasteiger partial charge in [-0.2, -0.15) is 0 Å². The quantitative estimate of drug-likeness (QED) is 0.418. The largest absolute Gasteiger partial charge is 0.506 e. The van der Waals surface area contributed by atoms with Gasteiger partial charge >= 0.3 is 0 Å². The highest BCUT2D eigenvalue weighted by Gasteiger charge is 2.12. The molecule has 90 valence electrons. The lowest BCUT2D eigenvalue weighted by Gasteiger charge is -2.14. The van der Waals surface area contributed by atoms with Gasteiger partial charge in [-0.15, -0.1) is 12.3 Å². The molecule has 1 aromatic rings. The summed E-state index contributed by atoms with van der Waals surface area (Å²) in [6.45, 7) is 1.95. The van der Waals surface area contributed by atoms with Crippen LogP contribution in [0.5, 0.6) is 5.75 Å². The number of terminal acetylenes is 1. The van der Waals surface area contributed by atoms with Crippen LogP contribution in [0.25, 0.3) is 0 Å². The number of benzene rings is 1. The number of hydrogen-bond donors (Lipinski definition) is 3. The Bertz CT molecular complexity index is 449. The standard InChI is InChI=1S/C13H16N2O2/c1-3-5-10(4-2)15-13(17)9-6-7-11(14)12(16)8-9/h1,6-8,10,16H,4-5,14H2,2H3,(H,15,17). The summed E-state index contributed by atoms with van der Waals surface area (Å²) in [6, 6.07) is 4.35. The van der Waals surface area contributed by atoms with Crippen molar-refractivity contribution in [1.82, 2.24) is 5.32 Å². The summed E-state index contributed by atoms with van der Waals surface area (Å²) >= 11 is 0. The molecule has 0 aliphatic heterocycles. The third-order valence-corrected chi connectivity index (χ3v) is 2.48. The number of carbonyl (C=O) groups is 1. The number of nitrogens with two attached hydrogens (primary N) is 1. The topological polar surface area (TPSA) is 75.4 Å². The molecule has 1 amide bonds. The van der Waals surface area contributed by atoms with Gasteiger partial charge in [0.05, 0.1) is 5.69 Å². The summed E-state index contributed by atoms with van der Waals surface area (Å²) in [7, 11) is 0. The summed E-state index contributed by atoms with van der Waals surface area (Å²) in [5.74, 6) is 2.16. The molecule has 17 heavy (non-hydrogen) atoms. The zero-order valence-electron chi connectivity index (χ0n) is 9.73. The number of nitrogens with one attached hydrogen (secondary N) is 1. The lowest BCUT2D eigenvalue weighted by molar-refractivity contribution is 0.0936. The maximum atomic E-state index is 11.8. The molecular weight excluding hydrogens is 216 g/mol. The minimum absolute atomic E-state index is 0.0489. The van der Waals surface area contributed by atoms with Gasteiger partial charge in [0.15, 0.2) is 0 Å². The van der Waals surface area contributed by atoms with Crippen molar-refractivity contribution in [3.8, 4) is 18.1 Å². The fourth-order valence-corrected chi connectivity index (χ4v) is 1.39. The molecule has 0 fully saturated rings. The summed E-state index contributed by atoms with van der Waals surface area (Å²) in [4.78, 5) is 11.8. The molecule has 0 aliphatic rings. The molecule has 0 heterocycles. The molecule has 0 aliphatic carbocycles. The van der Waals surface area contributed by atoms with E-state index >= 15 is 0 Å². The number of carbonyl (C=O) groups excluding carboxylic acids is 1. The van der Waals surface area contributed by atoms with Crippen LogP contribution in [-0.2, 0) is 0 Å². The highest BCUT2D eigenvalue weighted by atomic mass is 16.3. The number of nitrogen functional groups attached to an aromatic ring is 1. The molecule has 0 saturated heterocycles. The first-order valence-electron chi connectivity index (χ1n) is 5.41. The zero-order chi connectivity index (χ0) is 12.8. The van der Waals surface area contributed by atoms with Gasteiger partial charge in [-0.1, -0.05) is 6.92 Å². The summed E-state index contributed by atoms with van der Waals surface area (Å²) in [5, 5.41) is 12.2. The second kappa shape index (κ2) is 5.80. The number of amides is 1. The number of anilines is 1. The second-order valence-electron chi connectivity index (χ2n) is 3.76. The van der Waals surface area contributed by atoms with Gasteiger partial charge in [-0.05, 0) is 24.6 Å². The predicted molar refractivity (Wildman–Crippen MR) is 67.5 cm³/mol. The fraction of sp³-hybridized carbons (Fsp3) is 0.308. The predicted octanol–water partition coefficient (Wildman–Crippen LogP) is 1.51. The third kappa shape index (κ3) is 3.42. The Morgan fingerprint density at radius 2 is 2.35 bits per heavy atom. The molecule has 1 atom stereocenters. The van der Waals surface area contributed by atoms with Crippen LogP contribution in [-0.4, -0.2) is 17.1 Å². The first-order chi connectivity index (χ1) is 8.08. The van der Waals surface area contributed by atoms with E-state index in [1.165, 1.54) is 12.1 Å². The number of phenols is 1. The van der Waals surface area contributed by atoms with Gasteiger partial charge in [0.1, 0.15) is 5.75 Å². The van der Waals surface area contributed by atoms with E-state index in [-0.39, 0.29) is 23.4 Å². The van der Waals surface area contributed by atoms with Crippen LogP contribution in [0.1, 0.15) is 30.1 Å². The van der Waals surface area contributed by atoms with Crippen molar-refractivity contribution in [2.75, 3.05) is 5.73 Å². The van der Waals surface area contributed by atoms with Gasteiger partial charge in [0.25, 0.3) is 5.91 Å². The van der Waals surface area contributed by atoms with Crippen LogP contribution in [0.15, 0.2) is 18.2 Å². The van der Waals surface area contributed by atoms with Crippen LogP contribution < -0.4 is 11.1 Å². The molecule has 4 N–H and O–H groups in total. The van der Waals surface area contributed by atoms with E-state index in [0.717, 1.165) is 6.42 Å². The molecule has 0 saturated carbocycles. The summed E-state index contributed by atoms with van der Waals surface area (Å²) < 4.78 is 0. The minimum atomic E-state index is -0.262. The lowest BCUT2D eigenvalue weighted by Crippen LogP contribution is -2.34. The molecule has 1 rings (SSSR count). The number of rotatable bonds is 4. The lowest BCUT2D eigenvalue weighted by atomic mass is 10.1. The molecule has 0 aromatic heterocycles. The van der Waals surface area contributed by atoms with Crippen molar-refractivity contribution in [3.63, 3.8) is 0 Å². The SMILES string of the molecule is C#CCC(CC)NC(=O)c1ccc(N)c(O)c1. The van der Waals surface area contributed by atoms with Crippen LogP contribution in [0.2, 0.25) is 0 Å². The van der Waals surface area contributed by atoms with Crippen LogP contribution >= 0.6 is 0 Å². The Labute approximate surface area is 101 Å². The summed E-state index contributed by atoms with van der Waals surface area (Å²) in [6.07, 6.45) is 6.46. The summed E-state index contributed by atoms with van der Waals surface area (Å²) in [5.41, 5.74) is 6.07. The first kappa shape index (κ1) is 12.9. The number of phenolic OH excluding ortho intramolecular Hbond substituents is 1. The third-order valence-electron chi connectivity index (χ3n) is 2.48. The molecule has 4 nitrogen and oxygen atoms in total. The monoisotopic (exact) mass is 232 g/mol. The highest BCUT2D eigenvalue weighted by Crippen LogP contribution is 2.20. The van der Waals surface area contributed by atoms with Crippen molar-refractivity contribution < 1.29 is 9.90 Å². The van der Waals surface area contributed by atoms with Gasteiger partial charge in [0.2, 0.25) is 0 Å². The van der Waals surface area contributed by atoms with Crippen molar-refractivity contribution >= 4 is 11.6 Å². The minimum Gasteiger partial charge on any atom is -0.506 e. The Morgan fingerprint density at radius 1 is 1.65 bits per heavy atom. The van der Waals surface area contributed by atoms with E-state index in [2.05, 4.69) is 11.2 Å². The van der Waals surface area contributed by atoms with Crippen LogP contribution in [0, 0.1) is 12.3 Å². The van der Waals surface area contributed by atoms with E-state index in [4.69, 9.17) is 12.2 Å². The van der Waals surface area contributed by atoms with Gasteiger partial charge < -0.3 is 16.2 Å². The maximum absolute atomic E-state index is 11.8. The molecule has 0 radical (unpaired) electrons. The average molecular weight is 232 g/mol. The Morgan fingerprint density at radius 3 is 2.88 bits per heavy atom. The van der Waals surface area contributed by atoms with Crippen molar-refractivity contribution in [3.05, 3.63) is 23.8 Å². The Hall–Kier alpha value is -2.15. The van der Waals surface area contributed by atoms with E-state index < -0.39 is 0 Å². The molecule has 0 bridgehead atoms. The average Bonchev–Trinajstić information content (AvgIpc) is 2.31. The highest BCUT2D eigenvalue weighted by molar-refractivity contribution is 5.95. The maximum Gasteiger partial charge on any atom is 0.251 e. The zero-order valence-corrected chi connectivity index (χ0v) is 9.73. The van der Waals surface area contributed by atoms with E-state index in [0.29, 0.717) is 12.0 Å². The van der Waals surface area contributed by atoms with Crippen LogP contribution in [0.4, 0.5) is 5.69 Å². The van der Waals surface area contributed by atoms with Gasteiger partial charge in [-0.3, -0.25) is 4.79 Å². The fourth-order valence-electron chi connectivity index (χ4n) is 1.39. The Kier molecular flexibility index (Phi) is 4.41. The van der Waals surface area contributed by atoms with Crippen molar-refractivity contribution in [1.29, 1.82) is 0 Å². The number of aromatic hydroxyl groups is 1. The van der Waals surface area contributed by atoms with E-state index in [1.54, 1.807) is 6.07 Å². The van der Waals surface area contributed by atoms with E-state index in [1.807, 2.05) is 6.92 Å². The molecule has 4 heteroatoms. The second-order valence-corrected chi connectivity index (χ2v) is 3.76. The number of hydrogen-bond acceptors (Lipinski definition) is 3. The van der Waals surface area contributed by atoms with E-state index in [9.17, 15) is 9.90 Å². The van der Waals surface area contributed by atoms with Crippen molar-refractivity contribution in [2.45, 2.75) is 25.8 Å². The van der Waals surface area contributed by atoms with Gasteiger partial charge in [-0.25, -0.2) is 0 Å². The van der Waals surface area contributed by atoms with Gasteiger partial charge in [0, 0.05) is 18.0 Å². The Balaban J connectivity index is 2.76. The van der Waals surface area contributed by atoms with Crippen molar-refractivity contribution in [2.24, 2.45) is 0 Å². The molecular formula is C13H16N2O2. The first-order valence-corrected chi connectivity index (χ1v) is 5.41. The smallest absolute Gasteiger partial charge is 0.251 e. The normalized spacial score (nSPS) is 11.5. The molecule has 0 spiro atoms. The molecule has 1 unspecified atom stereocenters. The van der Waals surface area contributed by atoms with Crippen LogP contribution in [0.3, 0.4) is 0 Å². The molecule has 1 aromatic carbocycles.